The Bertz CT molecular complexity index is 1310. The number of halogens is 4. The first-order valence-electron chi connectivity index (χ1n) is 12.9. The molecule has 0 saturated carbocycles. The predicted molar refractivity (Wildman–Crippen MR) is 141 cm³/mol. The molecule has 2 aromatic carbocycles. The summed E-state index contributed by atoms with van der Waals surface area (Å²) >= 11 is 6.17. The molecule has 2 heterocycles. The van der Waals surface area contributed by atoms with Crippen molar-refractivity contribution < 1.29 is 18.0 Å². The predicted octanol–water partition coefficient (Wildman–Crippen LogP) is 5.65. The van der Waals surface area contributed by atoms with Gasteiger partial charge < -0.3 is 4.90 Å². The number of carbonyl (C=O) groups excluding carboxylic acids is 1. The molecule has 0 atom stereocenters. The Morgan fingerprint density at radius 1 is 1.08 bits per heavy atom. The van der Waals surface area contributed by atoms with Gasteiger partial charge in [0.15, 0.2) is 0 Å². The van der Waals surface area contributed by atoms with Crippen molar-refractivity contribution >= 4 is 17.4 Å². The van der Waals surface area contributed by atoms with Crippen LogP contribution in [0.15, 0.2) is 53.3 Å². The highest BCUT2D eigenvalue weighted by molar-refractivity contribution is 6.30. The number of benzene rings is 2. The minimum atomic E-state index is -4.11. The molecule has 204 valence electrons. The molecule has 1 aliphatic heterocycles. The van der Waals surface area contributed by atoms with Crippen LogP contribution in [0.1, 0.15) is 44.5 Å². The van der Waals surface area contributed by atoms with Crippen molar-refractivity contribution in [1.29, 1.82) is 0 Å². The Labute approximate surface area is 225 Å². The van der Waals surface area contributed by atoms with Crippen LogP contribution in [0.25, 0.3) is 11.4 Å². The Morgan fingerprint density at radius 2 is 1.76 bits per heavy atom. The van der Waals surface area contributed by atoms with E-state index in [-0.39, 0.29) is 31.0 Å². The van der Waals surface area contributed by atoms with E-state index >= 15 is 0 Å². The van der Waals surface area contributed by atoms with Gasteiger partial charge in [0.1, 0.15) is 11.6 Å². The fourth-order valence-electron chi connectivity index (χ4n) is 4.84. The van der Waals surface area contributed by atoms with Gasteiger partial charge in [-0.3, -0.25) is 4.79 Å². The maximum absolute atomic E-state index is 13.4. The van der Waals surface area contributed by atoms with E-state index in [4.69, 9.17) is 11.6 Å². The summed E-state index contributed by atoms with van der Waals surface area (Å²) in [7, 11) is 0. The first-order chi connectivity index (χ1) is 18.0. The van der Waals surface area contributed by atoms with Crippen LogP contribution >= 0.6 is 11.6 Å². The lowest BCUT2D eigenvalue weighted by Gasteiger charge is -2.32. The molecule has 1 aromatic heterocycles. The van der Waals surface area contributed by atoms with Crippen molar-refractivity contribution in [3.8, 4) is 11.4 Å². The summed E-state index contributed by atoms with van der Waals surface area (Å²) in [5, 5.41) is 4.98. The van der Waals surface area contributed by atoms with E-state index < -0.39 is 17.8 Å². The number of piperidine rings is 1. The fourth-order valence-corrected chi connectivity index (χ4v) is 5.03. The van der Waals surface area contributed by atoms with Gasteiger partial charge in [-0.1, -0.05) is 43.6 Å². The van der Waals surface area contributed by atoms with Crippen molar-refractivity contribution in [2.75, 3.05) is 19.6 Å². The summed E-state index contributed by atoms with van der Waals surface area (Å²) in [6, 6.07) is 14.2. The number of likely N-dealkylation sites (tertiary alicyclic amines) is 1. The Hall–Kier alpha value is -2.91. The fraction of sp³-hybridized carbons (Fsp3) is 0.464. The summed E-state index contributed by atoms with van der Waals surface area (Å²) in [6.07, 6.45) is -2.72. The molecule has 38 heavy (non-hydrogen) atoms. The van der Waals surface area contributed by atoms with E-state index in [9.17, 15) is 22.8 Å². The summed E-state index contributed by atoms with van der Waals surface area (Å²) in [6.45, 7) is 5.49. The van der Waals surface area contributed by atoms with Gasteiger partial charge in [0.25, 0.3) is 0 Å². The second-order valence-corrected chi connectivity index (χ2v) is 10.7. The molecule has 0 aliphatic carbocycles. The molecule has 0 radical (unpaired) electrons. The normalized spacial score (nSPS) is 15.3. The average Bonchev–Trinajstić information content (AvgIpc) is 3.17. The van der Waals surface area contributed by atoms with Crippen LogP contribution in [0, 0.1) is 11.8 Å². The molecule has 6 nitrogen and oxygen atoms in total. The summed E-state index contributed by atoms with van der Waals surface area (Å²) in [5.41, 5.74) is 1.70. The van der Waals surface area contributed by atoms with Crippen LogP contribution in [-0.2, 0) is 17.6 Å². The van der Waals surface area contributed by atoms with Gasteiger partial charge in [-0.15, -0.1) is 5.10 Å². The summed E-state index contributed by atoms with van der Waals surface area (Å²) in [4.78, 5) is 28.1. The molecule has 1 saturated heterocycles. The third-order valence-electron chi connectivity index (χ3n) is 6.85. The largest absolute Gasteiger partial charge is 0.391 e. The van der Waals surface area contributed by atoms with Crippen LogP contribution in [0.3, 0.4) is 0 Å². The van der Waals surface area contributed by atoms with E-state index in [0.29, 0.717) is 54.7 Å². The number of ketones is 1. The standard InChI is InChI=1S/C28H32ClF3N4O2/c1-19(2)16-25(37)18-26-33-36(27(38)35(26)24-5-3-4-22(29)17-24)23-8-6-20(7-9-23)10-13-34-14-11-21(12-15-34)28(30,31)32/h3-9,17,19,21H,10-16,18H2,1-2H3. The molecule has 1 aliphatic rings. The van der Waals surface area contributed by atoms with Crippen molar-refractivity contribution in [1.82, 2.24) is 19.2 Å². The Balaban J connectivity index is 1.50. The SMILES string of the molecule is CC(C)CC(=O)Cc1nn(-c2ccc(CCN3CCC(C(F)(F)F)CC3)cc2)c(=O)n1-c1cccc(Cl)c1. The highest BCUT2D eigenvalue weighted by Crippen LogP contribution is 2.34. The average molecular weight is 549 g/mol. The van der Waals surface area contributed by atoms with Gasteiger partial charge in [0, 0.05) is 18.0 Å². The zero-order valence-corrected chi connectivity index (χ0v) is 22.3. The first kappa shape index (κ1) is 28.1. The van der Waals surface area contributed by atoms with Crippen LogP contribution in [0.2, 0.25) is 5.02 Å². The lowest BCUT2D eigenvalue weighted by Crippen LogP contribution is -2.39. The van der Waals surface area contributed by atoms with Gasteiger partial charge in [-0.25, -0.2) is 9.36 Å². The third kappa shape index (κ3) is 6.94. The third-order valence-corrected chi connectivity index (χ3v) is 7.09. The molecule has 0 amide bonds. The number of hydrogen-bond acceptors (Lipinski definition) is 4. The van der Waals surface area contributed by atoms with Crippen molar-refractivity contribution in [3.63, 3.8) is 0 Å². The molecule has 3 aromatic rings. The van der Waals surface area contributed by atoms with Gasteiger partial charge >= 0.3 is 11.9 Å². The quantitative estimate of drug-likeness (QED) is 0.347. The van der Waals surface area contributed by atoms with E-state index in [2.05, 4.69) is 10.00 Å². The number of Topliss-reactive ketones (excluding diaryl/α,β-unsaturated/α-hetero) is 1. The zero-order chi connectivity index (χ0) is 27.4. The van der Waals surface area contributed by atoms with Crippen LogP contribution in [0.5, 0.6) is 0 Å². The number of nitrogens with zero attached hydrogens (tertiary/aromatic N) is 4. The van der Waals surface area contributed by atoms with Crippen LogP contribution < -0.4 is 5.69 Å². The van der Waals surface area contributed by atoms with E-state index in [1.54, 1.807) is 36.4 Å². The molecule has 0 spiro atoms. The second-order valence-electron chi connectivity index (χ2n) is 10.3. The van der Waals surface area contributed by atoms with E-state index in [1.807, 2.05) is 26.0 Å². The summed E-state index contributed by atoms with van der Waals surface area (Å²) < 4.78 is 41.4. The Morgan fingerprint density at radius 3 is 2.37 bits per heavy atom. The van der Waals surface area contributed by atoms with Gasteiger partial charge in [-0.2, -0.15) is 17.9 Å². The summed E-state index contributed by atoms with van der Waals surface area (Å²) in [5.74, 6) is -0.669. The topological polar surface area (TPSA) is 60.1 Å². The monoisotopic (exact) mass is 548 g/mol. The molecule has 0 unspecified atom stereocenters. The number of hydrogen-bond donors (Lipinski definition) is 0. The van der Waals surface area contributed by atoms with Crippen molar-refractivity contribution in [2.24, 2.45) is 11.8 Å². The maximum Gasteiger partial charge on any atom is 0.391 e. The highest BCUT2D eigenvalue weighted by atomic mass is 35.5. The van der Waals surface area contributed by atoms with E-state index in [0.717, 1.165) is 5.56 Å². The zero-order valence-electron chi connectivity index (χ0n) is 21.5. The molecule has 1 fully saturated rings. The number of carbonyl (C=O) groups is 1. The van der Waals surface area contributed by atoms with E-state index in [1.165, 1.54) is 9.25 Å². The number of alkyl halides is 3. The van der Waals surface area contributed by atoms with Gasteiger partial charge in [-0.05, 0) is 74.2 Å². The maximum atomic E-state index is 13.4. The Kier molecular flexibility index (Phi) is 8.78. The first-order valence-corrected chi connectivity index (χ1v) is 13.3. The lowest BCUT2D eigenvalue weighted by atomic mass is 9.96. The van der Waals surface area contributed by atoms with Crippen molar-refractivity contribution in [2.45, 2.75) is 52.1 Å². The highest BCUT2D eigenvalue weighted by Gasteiger charge is 2.40. The molecular weight excluding hydrogens is 517 g/mol. The van der Waals surface area contributed by atoms with Gasteiger partial charge in [0.2, 0.25) is 0 Å². The second kappa shape index (κ2) is 11.9. The minimum absolute atomic E-state index is 0.00459. The molecular formula is C28H32ClF3N4O2. The molecule has 0 bridgehead atoms. The van der Waals surface area contributed by atoms with Gasteiger partial charge in [0.05, 0.1) is 23.7 Å². The minimum Gasteiger partial charge on any atom is -0.303 e. The number of aromatic nitrogens is 3. The molecule has 4 rings (SSSR count). The lowest BCUT2D eigenvalue weighted by molar-refractivity contribution is -0.185. The molecule has 10 heteroatoms. The smallest absolute Gasteiger partial charge is 0.303 e. The van der Waals surface area contributed by atoms with Crippen molar-refractivity contribution in [3.05, 3.63) is 75.4 Å². The van der Waals surface area contributed by atoms with Crippen LogP contribution in [-0.4, -0.2) is 50.8 Å². The van der Waals surface area contributed by atoms with Crippen LogP contribution in [0.4, 0.5) is 13.2 Å². The number of rotatable bonds is 9. The molecule has 0 N–H and O–H groups in total.